The minimum atomic E-state index is -0.787. The maximum Gasteiger partial charge on any atom is 0.151 e. The molecule has 0 rings (SSSR count). The Kier molecular flexibility index (Phi) is 8.71. The Hall–Kier alpha value is -0.880. The normalized spacial score (nSPS) is 14.1. The number of ether oxygens (including phenoxy) is 3. The summed E-state index contributed by atoms with van der Waals surface area (Å²) in [6, 6.07) is 0. The summed E-state index contributed by atoms with van der Waals surface area (Å²) < 4.78 is 15.2. The smallest absolute Gasteiger partial charge is 0.151 e. The van der Waals surface area contributed by atoms with Crippen molar-refractivity contribution >= 4 is 0 Å². The second kappa shape index (κ2) is 9.18. The van der Waals surface area contributed by atoms with E-state index in [-0.39, 0.29) is 0 Å². The van der Waals surface area contributed by atoms with Crippen LogP contribution in [0.3, 0.4) is 0 Å². The van der Waals surface area contributed by atoms with Crippen molar-refractivity contribution in [2.75, 3.05) is 13.2 Å². The minimum absolute atomic E-state index is 0.341. The van der Waals surface area contributed by atoms with Gasteiger partial charge in [0.15, 0.2) is 12.6 Å². The molecule has 0 radical (unpaired) electrons. The van der Waals surface area contributed by atoms with E-state index in [1.165, 1.54) is 13.8 Å². The van der Waals surface area contributed by atoms with Crippen LogP contribution in [0.15, 0.2) is 24.7 Å². The lowest BCUT2D eigenvalue weighted by Gasteiger charge is -2.13. The molecular weight excluding hydrogens is 224 g/mol. The van der Waals surface area contributed by atoms with E-state index < -0.39 is 12.6 Å². The van der Waals surface area contributed by atoms with E-state index >= 15 is 0 Å². The van der Waals surface area contributed by atoms with Crippen molar-refractivity contribution in [3.8, 4) is 0 Å². The second-order valence-electron chi connectivity index (χ2n) is 3.62. The van der Waals surface area contributed by atoms with Gasteiger partial charge in [0.1, 0.15) is 0 Å². The molecule has 2 N–H and O–H groups in total. The average molecular weight is 246 g/mol. The first-order valence-corrected chi connectivity index (χ1v) is 5.54. The van der Waals surface area contributed by atoms with Crippen LogP contribution in [0.1, 0.15) is 26.7 Å². The van der Waals surface area contributed by atoms with Crippen LogP contribution >= 0.6 is 0 Å². The van der Waals surface area contributed by atoms with Crippen molar-refractivity contribution in [3.63, 3.8) is 0 Å². The third kappa shape index (κ3) is 11.4. The van der Waals surface area contributed by atoms with Crippen LogP contribution in [0.2, 0.25) is 0 Å². The number of hydrogen-bond acceptors (Lipinski definition) is 5. The molecule has 0 aromatic carbocycles. The van der Waals surface area contributed by atoms with Gasteiger partial charge in [-0.1, -0.05) is 13.2 Å². The van der Waals surface area contributed by atoms with Crippen LogP contribution in [-0.4, -0.2) is 36.0 Å². The molecule has 0 fully saturated rings. The van der Waals surface area contributed by atoms with Crippen LogP contribution < -0.4 is 0 Å². The van der Waals surface area contributed by atoms with Gasteiger partial charge in [0, 0.05) is 12.8 Å². The molecule has 0 saturated heterocycles. The van der Waals surface area contributed by atoms with Gasteiger partial charge in [-0.15, -0.1) is 0 Å². The van der Waals surface area contributed by atoms with Crippen molar-refractivity contribution in [1.82, 2.24) is 0 Å². The van der Waals surface area contributed by atoms with E-state index in [1.54, 1.807) is 0 Å². The molecule has 0 aliphatic carbocycles. The van der Waals surface area contributed by atoms with Gasteiger partial charge in [-0.2, -0.15) is 0 Å². The summed E-state index contributed by atoms with van der Waals surface area (Å²) >= 11 is 0. The fourth-order valence-electron chi connectivity index (χ4n) is 0.993. The monoisotopic (exact) mass is 246 g/mol. The van der Waals surface area contributed by atoms with E-state index in [1.807, 2.05) is 0 Å². The third-order valence-corrected chi connectivity index (χ3v) is 1.77. The number of aliphatic hydroxyl groups excluding tert-OH is 2. The molecule has 5 nitrogen and oxygen atoms in total. The van der Waals surface area contributed by atoms with E-state index in [4.69, 9.17) is 24.4 Å². The molecule has 0 bridgehead atoms. The standard InChI is InChI=1S/C12H22O5/c1-9(5-7-15-11(3)13)17-10(2)6-8-16-12(4)14/h11-14H,1-2,5-8H2,3-4H3. The summed E-state index contributed by atoms with van der Waals surface area (Å²) in [7, 11) is 0. The first-order chi connectivity index (χ1) is 7.91. The Labute approximate surface area is 102 Å². The molecular formula is C12H22O5. The largest absolute Gasteiger partial charge is 0.467 e. The first kappa shape index (κ1) is 16.1. The van der Waals surface area contributed by atoms with Gasteiger partial charge < -0.3 is 24.4 Å². The van der Waals surface area contributed by atoms with Crippen molar-refractivity contribution in [3.05, 3.63) is 24.7 Å². The average Bonchev–Trinajstić information content (AvgIpc) is 2.15. The van der Waals surface area contributed by atoms with Crippen LogP contribution in [-0.2, 0) is 14.2 Å². The van der Waals surface area contributed by atoms with Gasteiger partial charge in [-0.3, -0.25) is 0 Å². The molecule has 0 amide bonds. The lowest BCUT2D eigenvalue weighted by Crippen LogP contribution is -2.09. The Balaban J connectivity index is 3.56. The molecule has 0 heterocycles. The van der Waals surface area contributed by atoms with E-state index in [9.17, 15) is 0 Å². The molecule has 0 aromatic heterocycles. The van der Waals surface area contributed by atoms with Crippen LogP contribution in [0.5, 0.6) is 0 Å². The Morgan fingerprint density at radius 2 is 1.29 bits per heavy atom. The highest BCUT2D eigenvalue weighted by molar-refractivity contribution is 4.93. The summed E-state index contributed by atoms with van der Waals surface area (Å²) in [5.41, 5.74) is 0. The van der Waals surface area contributed by atoms with Gasteiger partial charge in [0.2, 0.25) is 0 Å². The van der Waals surface area contributed by atoms with Crippen LogP contribution in [0.4, 0.5) is 0 Å². The quantitative estimate of drug-likeness (QED) is 0.452. The molecule has 5 heteroatoms. The summed E-state index contributed by atoms with van der Waals surface area (Å²) in [6.45, 7) is 11.2. The third-order valence-electron chi connectivity index (χ3n) is 1.77. The Morgan fingerprint density at radius 1 is 0.941 bits per heavy atom. The number of aliphatic hydroxyl groups is 2. The van der Waals surface area contributed by atoms with Crippen molar-refractivity contribution in [1.29, 1.82) is 0 Å². The molecule has 0 aromatic rings. The molecule has 0 spiro atoms. The zero-order valence-electron chi connectivity index (χ0n) is 10.5. The summed E-state index contributed by atoms with van der Waals surface area (Å²) in [5.74, 6) is 1.04. The summed E-state index contributed by atoms with van der Waals surface area (Å²) in [4.78, 5) is 0. The van der Waals surface area contributed by atoms with Crippen molar-refractivity contribution in [2.45, 2.75) is 39.3 Å². The second-order valence-corrected chi connectivity index (χ2v) is 3.62. The van der Waals surface area contributed by atoms with Crippen LogP contribution in [0.25, 0.3) is 0 Å². The SMILES string of the molecule is C=C(CCOC(C)O)OC(=C)CCOC(C)O. The van der Waals surface area contributed by atoms with Gasteiger partial charge in [-0.25, -0.2) is 0 Å². The number of hydrogen-bond donors (Lipinski definition) is 2. The molecule has 0 aliphatic rings. The van der Waals surface area contributed by atoms with E-state index in [0.29, 0.717) is 37.6 Å². The molecule has 2 atom stereocenters. The van der Waals surface area contributed by atoms with Crippen molar-refractivity contribution < 1.29 is 24.4 Å². The zero-order valence-corrected chi connectivity index (χ0v) is 10.5. The summed E-state index contributed by atoms with van der Waals surface area (Å²) in [6.07, 6.45) is -0.599. The fraction of sp³-hybridized carbons (Fsp3) is 0.667. The predicted octanol–water partition coefficient (Wildman–Crippen LogP) is 1.52. The highest BCUT2D eigenvalue weighted by Crippen LogP contribution is 2.10. The van der Waals surface area contributed by atoms with E-state index in [2.05, 4.69) is 13.2 Å². The van der Waals surface area contributed by atoms with Gasteiger partial charge >= 0.3 is 0 Å². The molecule has 0 saturated carbocycles. The van der Waals surface area contributed by atoms with Crippen molar-refractivity contribution in [2.24, 2.45) is 0 Å². The highest BCUT2D eigenvalue weighted by atomic mass is 16.6. The predicted molar refractivity (Wildman–Crippen MR) is 63.9 cm³/mol. The molecule has 17 heavy (non-hydrogen) atoms. The van der Waals surface area contributed by atoms with Gasteiger partial charge in [0.05, 0.1) is 24.7 Å². The topological polar surface area (TPSA) is 68.2 Å². The molecule has 0 aliphatic heterocycles. The minimum Gasteiger partial charge on any atom is -0.467 e. The van der Waals surface area contributed by atoms with Crippen LogP contribution in [0, 0.1) is 0 Å². The Bertz CT molecular complexity index is 211. The fourth-order valence-corrected chi connectivity index (χ4v) is 0.993. The molecule has 2 unspecified atom stereocenters. The lowest BCUT2D eigenvalue weighted by atomic mass is 10.3. The number of rotatable bonds is 10. The Morgan fingerprint density at radius 3 is 1.59 bits per heavy atom. The van der Waals surface area contributed by atoms with Gasteiger partial charge in [0.25, 0.3) is 0 Å². The summed E-state index contributed by atoms with van der Waals surface area (Å²) in [5, 5.41) is 17.7. The first-order valence-electron chi connectivity index (χ1n) is 5.54. The highest BCUT2D eigenvalue weighted by Gasteiger charge is 2.03. The molecule has 100 valence electrons. The van der Waals surface area contributed by atoms with Gasteiger partial charge in [-0.05, 0) is 13.8 Å². The zero-order chi connectivity index (χ0) is 13.3. The van der Waals surface area contributed by atoms with E-state index in [0.717, 1.165) is 0 Å². The maximum absolute atomic E-state index is 8.86. The lowest BCUT2D eigenvalue weighted by molar-refractivity contribution is -0.0869. The maximum atomic E-state index is 8.86.